The highest BCUT2D eigenvalue weighted by molar-refractivity contribution is 7.89. The Balaban J connectivity index is 2.60. The van der Waals surface area contributed by atoms with Crippen LogP contribution in [0.4, 0.5) is 0 Å². The van der Waals surface area contributed by atoms with Crippen LogP contribution in [-0.2, 0) is 22.9 Å². The number of nitrogens with two attached hydrogens (primary N) is 1. The number of hydrogen-bond donors (Lipinski definition) is 1. The summed E-state index contributed by atoms with van der Waals surface area (Å²) in [5.41, 5.74) is 1.85. The minimum absolute atomic E-state index is 0.0156. The van der Waals surface area contributed by atoms with Crippen molar-refractivity contribution >= 4 is 21.6 Å². The summed E-state index contributed by atoms with van der Waals surface area (Å²) in [4.78, 5) is 4.02. The molecule has 0 saturated heterocycles. The lowest BCUT2D eigenvalue weighted by Crippen LogP contribution is -2.16. The first-order valence-corrected chi connectivity index (χ1v) is 6.62. The van der Waals surface area contributed by atoms with Crippen LogP contribution in [0.2, 0.25) is 5.15 Å². The van der Waals surface area contributed by atoms with Gasteiger partial charge in [0.15, 0.2) is 0 Å². The van der Waals surface area contributed by atoms with Crippen molar-refractivity contribution in [2.45, 2.75) is 30.6 Å². The monoisotopic (exact) mass is 246 g/mol. The predicted molar refractivity (Wildman–Crippen MR) is 57.3 cm³/mol. The zero-order valence-electron chi connectivity index (χ0n) is 8.03. The predicted octanol–water partition coefficient (Wildman–Crippen LogP) is 1.26. The van der Waals surface area contributed by atoms with E-state index in [1.54, 1.807) is 6.07 Å². The van der Waals surface area contributed by atoms with E-state index < -0.39 is 10.0 Å². The first-order valence-electron chi connectivity index (χ1n) is 4.69. The normalized spacial score (nSPS) is 16.1. The van der Waals surface area contributed by atoms with Crippen molar-refractivity contribution in [1.82, 2.24) is 4.98 Å². The number of pyridine rings is 1. The molecular weight excluding hydrogens is 236 g/mol. The number of aromatic nitrogens is 1. The molecule has 2 N–H and O–H groups in total. The van der Waals surface area contributed by atoms with Crippen LogP contribution in [0.1, 0.15) is 24.1 Å². The Morgan fingerprint density at radius 3 is 2.67 bits per heavy atom. The van der Waals surface area contributed by atoms with Gasteiger partial charge in [-0.2, -0.15) is 0 Å². The lowest BCUT2D eigenvalue weighted by Gasteiger charge is -2.15. The van der Waals surface area contributed by atoms with Crippen LogP contribution < -0.4 is 5.14 Å². The van der Waals surface area contributed by atoms with Gasteiger partial charge in [-0.05, 0) is 37.3 Å². The maximum Gasteiger partial charge on any atom is 0.241 e. The third-order valence-corrected chi connectivity index (χ3v) is 3.85. The highest BCUT2D eigenvalue weighted by Gasteiger charge is 2.19. The van der Waals surface area contributed by atoms with Crippen molar-refractivity contribution in [3.05, 3.63) is 22.5 Å². The number of hydrogen-bond acceptors (Lipinski definition) is 3. The highest BCUT2D eigenvalue weighted by atomic mass is 35.5. The molecule has 4 nitrogen and oxygen atoms in total. The molecule has 0 saturated carbocycles. The number of halogens is 1. The summed E-state index contributed by atoms with van der Waals surface area (Å²) in [6, 6.07) is 1.55. The fraction of sp³-hybridized carbons (Fsp3) is 0.444. The Morgan fingerprint density at radius 1 is 1.33 bits per heavy atom. The van der Waals surface area contributed by atoms with Crippen molar-refractivity contribution in [3.63, 3.8) is 0 Å². The molecule has 0 amide bonds. The van der Waals surface area contributed by atoms with E-state index in [1.165, 1.54) is 0 Å². The Morgan fingerprint density at radius 2 is 2.00 bits per heavy atom. The lowest BCUT2D eigenvalue weighted by molar-refractivity contribution is 0.596. The average molecular weight is 247 g/mol. The SMILES string of the molecule is NS(=O)(=O)c1cc2c(nc1Cl)CCCC2. The molecule has 1 heterocycles. The van der Waals surface area contributed by atoms with Crippen LogP contribution in [-0.4, -0.2) is 13.4 Å². The number of rotatable bonds is 1. The quantitative estimate of drug-likeness (QED) is 0.759. The van der Waals surface area contributed by atoms with Crippen molar-refractivity contribution in [1.29, 1.82) is 0 Å². The number of nitrogens with zero attached hydrogens (tertiary/aromatic N) is 1. The van der Waals surface area contributed by atoms with Gasteiger partial charge in [0.25, 0.3) is 0 Å². The van der Waals surface area contributed by atoms with Gasteiger partial charge in [-0.25, -0.2) is 18.5 Å². The minimum Gasteiger partial charge on any atom is -0.239 e. The van der Waals surface area contributed by atoms with E-state index in [0.29, 0.717) is 0 Å². The zero-order valence-corrected chi connectivity index (χ0v) is 9.61. The number of fused-ring (bicyclic) bond motifs is 1. The van der Waals surface area contributed by atoms with Gasteiger partial charge >= 0.3 is 0 Å². The molecule has 1 aliphatic rings. The molecule has 0 aliphatic heterocycles. The smallest absolute Gasteiger partial charge is 0.239 e. The summed E-state index contributed by atoms with van der Waals surface area (Å²) >= 11 is 5.78. The van der Waals surface area contributed by atoms with E-state index >= 15 is 0 Å². The van der Waals surface area contributed by atoms with Crippen LogP contribution in [0, 0.1) is 0 Å². The van der Waals surface area contributed by atoms with Crippen molar-refractivity contribution in [2.24, 2.45) is 5.14 Å². The molecule has 0 unspecified atom stereocenters. The Hall–Kier alpha value is -0.650. The van der Waals surface area contributed by atoms with Gasteiger partial charge in [0.05, 0.1) is 0 Å². The van der Waals surface area contributed by atoms with Crippen LogP contribution in [0.25, 0.3) is 0 Å². The fourth-order valence-electron chi connectivity index (χ4n) is 1.79. The van der Waals surface area contributed by atoms with Gasteiger partial charge in [0.2, 0.25) is 10.0 Å². The molecule has 0 aromatic carbocycles. The van der Waals surface area contributed by atoms with E-state index in [2.05, 4.69) is 4.98 Å². The highest BCUT2D eigenvalue weighted by Crippen LogP contribution is 2.26. The summed E-state index contributed by atoms with van der Waals surface area (Å²) in [7, 11) is -3.76. The molecule has 0 radical (unpaired) electrons. The third-order valence-electron chi connectivity index (χ3n) is 2.53. The summed E-state index contributed by atoms with van der Waals surface area (Å²) < 4.78 is 22.4. The first-order chi connectivity index (χ1) is 6.98. The fourth-order valence-corrected chi connectivity index (χ4v) is 2.85. The van der Waals surface area contributed by atoms with Gasteiger partial charge in [0.1, 0.15) is 10.0 Å². The Kier molecular flexibility index (Phi) is 2.70. The topological polar surface area (TPSA) is 73.1 Å². The second-order valence-electron chi connectivity index (χ2n) is 3.64. The lowest BCUT2D eigenvalue weighted by atomic mass is 9.96. The van der Waals surface area contributed by atoms with Gasteiger partial charge in [-0.1, -0.05) is 11.6 Å². The standard InChI is InChI=1S/C9H11ClN2O2S/c10-9-8(15(11,13)14)5-6-3-1-2-4-7(6)12-9/h5H,1-4H2,(H2,11,13,14). The maximum atomic E-state index is 11.2. The van der Waals surface area contributed by atoms with E-state index in [9.17, 15) is 8.42 Å². The molecule has 2 rings (SSSR count). The number of aryl methyl sites for hydroxylation is 2. The maximum absolute atomic E-state index is 11.2. The Labute approximate surface area is 93.5 Å². The van der Waals surface area contributed by atoms with E-state index in [-0.39, 0.29) is 10.0 Å². The molecule has 82 valence electrons. The molecule has 6 heteroatoms. The largest absolute Gasteiger partial charge is 0.241 e. The van der Waals surface area contributed by atoms with Crippen LogP contribution in [0.5, 0.6) is 0 Å². The summed E-state index contributed by atoms with van der Waals surface area (Å²) in [5.74, 6) is 0. The zero-order chi connectivity index (χ0) is 11.1. The molecule has 15 heavy (non-hydrogen) atoms. The third kappa shape index (κ3) is 2.14. The van der Waals surface area contributed by atoms with Gasteiger partial charge < -0.3 is 0 Å². The summed E-state index contributed by atoms with van der Waals surface area (Å²) in [5, 5.41) is 5.02. The van der Waals surface area contributed by atoms with Crippen molar-refractivity contribution in [3.8, 4) is 0 Å². The Bertz CT molecular complexity index is 499. The van der Waals surface area contributed by atoms with Crippen LogP contribution in [0.15, 0.2) is 11.0 Å². The molecule has 0 atom stereocenters. The van der Waals surface area contributed by atoms with Gasteiger partial charge in [-0.15, -0.1) is 0 Å². The van der Waals surface area contributed by atoms with Crippen molar-refractivity contribution in [2.75, 3.05) is 0 Å². The van der Waals surface area contributed by atoms with E-state index in [4.69, 9.17) is 16.7 Å². The van der Waals surface area contributed by atoms with Crippen LogP contribution in [0.3, 0.4) is 0 Å². The summed E-state index contributed by atoms with van der Waals surface area (Å²) in [6.07, 6.45) is 3.84. The summed E-state index contributed by atoms with van der Waals surface area (Å²) in [6.45, 7) is 0. The van der Waals surface area contributed by atoms with E-state index in [0.717, 1.165) is 36.9 Å². The molecule has 0 bridgehead atoms. The minimum atomic E-state index is -3.76. The van der Waals surface area contributed by atoms with Crippen LogP contribution >= 0.6 is 11.6 Å². The second kappa shape index (κ2) is 3.73. The number of sulfonamides is 1. The molecule has 1 aromatic rings. The van der Waals surface area contributed by atoms with Gasteiger partial charge in [0, 0.05) is 5.69 Å². The molecule has 1 aromatic heterocycles. The van der Waals surface area contributed by atoms with Crippen molar-refractivity contribution < 1.29 is 8.42 Å². The second-order valence-corrected chi connectivity index (χ2v) is 5.52. The molecular formula is C9H11ClN2O2S. The molecule has 0 spiro atoms. The first kappa shape index (κ1) is 10.9. The molecule has 0 fully saturated rings. The average Bonchev–Trinajstić information content (AvgIpc) is 2.15. The van der Waals surface area contributed by atoms with Gasteiger partial charge in [-0.3, -0.25) is 0 Å². The van der Waals surface area contributed by atoms with E-state index in [1.807, 2.05) is 0 Å². The number of primary sulfonamides is 1. The molecule has 1 aliphatic carbocycles.